The molecule has 0 amide bonds. The van der Waals surface area contributed by atoms with Crippen molar-refractivity contribution in [2.45, 2.75) is 13.8 Å². The maximum Gasteiger partial charge on any atom is 0.238 e. The molecule has 0 unspecified atom stereocenters. The predicted molar refractivity (Wildman–Crippen MR) is 210 cm³/mol. The average molecular weight is 653 g/mol. The van der Waals surface area contributed by atoms with Gasteiger partial charge in [0.05, 0.1) is 11.0 Å². The van der Waals surface area contributed by atoms with E-state index in [1.165, 1.54) is 66.1 Å². The Bertz CT molecular complexity index is 2770. The first kappa shape index (κ1) is 29.3. The molecular weight excluding hydrogens is 621 g/mol. The van der Waals surface area contributed by atoms with Gasteiger partial charge >= 0.3 is 0 Å². The van der Waals surface area contributed by atoms with Crippen LogP contribution in [0.4, 0.5) is 0 Å². The van der Waals surface area contributed by atoms with Crippen molar-refractivity contribution in [1.82, 2.24) is 19.5 Å². The summed E-state index contributed by atoms with van der Waals surface area (Å²) < 4.78 is 2.24. The molecule has 4 heteroatoms. The zero-order chi connectivity index (χ0) is 34.1. The molecule has 9 aromatic rings. The van der Waals surface area contributed by atoms with Crippen LogP contribution in [-0.4, -0.2) is 19.5 Å². The maximum atomic E-state index is 5.21. The first-order valence-corrected chi connectivity index (χ1v) is 17.4. The third-order valence-electron chi connectivity index (χ3n) is 10.2. The summed E-state index contributed by atoms with van der Waals surface area (Å²) >= 11 is 0. The van der Waals surface area contributed by atoms with E-state index in [1.54, 1.807) is 0 Å². The van der Waals surface area contributed by atoms with Crippen molar-refractivity contribution in [3.8, 4) is 28.7 Å². The number of rotatable bonds is 5. The molecule has 2 aromatic heterocycles. The summed E-state index contributed by atoms with van der Waals surface area (Å²) in [4.78, 5) is 15.4. The van der Waals surface area contributed by atoms with Gasteiger partial charge in [-0.1, -0.05) is 157 Å². The lowest BCUT2D eigenvalue weighted by Gasteiger charge is -2.19. The van der Waals surface area contributed by atoms with Gasteiger partial charge in [0.25, 0.3) is 0 Å². The van der Waals surface area contributed by atoms with Crippen LogP contribution in [0.2, 0.25) is 0 Å². The zero-order valence-corrected chi connectivity index (χ0v) is 28.3. The van der Waals surface area contributed by atoms with E-state index in [-0.39, 0.29) is 0 Å². The second-order valence-corrected chi connectivity index (χ2v) is 13.4. The molecule has 0 bridgehead atoms. The van der Waals surface area contributed by atoms with Gasteiger partial charge in [-0.25, -0.2) is 4.98 Å². The summed E-state index contributed by atoms with van der Waals surface area (Å²) in [5, 5.41) is 4.85. The lowest BCUT2D eigenvalue weighted by atomic mass is 9.85. The predicted octanol–water partition coefficient (Wildman–Crippen LogP) is 11.4. The van der Waals surface area contributed by atoms with Crippen LogP contribution >= 0.6 is 0 Å². The third-order valence-corrected chi connectivity index (χ3v) is 10.2. The van der Waals surface area contributed by atoms with Gasteiger partial charge < -0.3 is 0 Å². The van der Waals surface area contributed by atoms with E-state index >= 15 is 0 Å². The first-order valence-electron chi connectivity index (χ1n) is 17.4. The fourth-order valence-corrected chi connectivity index (χ4v) is 7.77. The molecule has 1 aliphatic carbocycles. The van der Waals surface area contributed by atoms with Crippen molar-refractivity contribution in [3.63, 3.8) is 0 Å². The molecule has 4 nitrogen and oxygen atoms in total. The van der Waals surface area contributed by atoms with Crippen molar-refractivity contribution in [1.29, 1.82) is 0 Å². The summed E-state index contributed by atoms with van der Waals surface area (Å²) in [6.07, 6.45) is 0. The highest BCUT2D eigenvalue weighted by Crippen LogP contribution is 2.49. The van der Waals surface area contributed by atoms with Gasteiger partial charge in [-0.05, 0) is 70.2 Å². The summed E-state index contributed by atoms with van der Waals surface area (Å²) in [7, 11) is 0. The fourth-order valence-electron chi connectivity index (χ4n) is 7.77. The van der Waals surface area contributed by atoms with Crippen LogP contribution in [0.1, 0.15) is 33.4 Å². The van der Waals surface area contributed by atoms with Crippen molar-refractivity contribution >= 4 is 43.7 Å². The van der Waals surface area contributed by atoms with Crippen LogP contribution in [-0.2, 0) is 0 Å². The Labute approximate surface area is 296 Å². The van der Waals surface area contributed by atoms with Gasteiger partial charge in [-0.2, -0.15) is 9.97 Å². The van der Waals surface area contributed by atoms with E-state index in [0.717, 1.165) is 22.2 Å². The Kier molecular flexibility index (Phi) is 6.58. The van der Waals surface area contributed by atoms with Gasteiger partial charge in [-0.3, -0.25) is 4.57 Å². The molecule has 240 valence electrons. The second-order valence-electron chi connectivity index (χ2n) is 13.4. The molecule has 10 rings (SSSR count). The minimum atomic E-state index is 0.594. The molecule has 0 spiro atoms. The van der Waals surface area contributed by atoms with E-state index < -0.39 is 0 Å². The molecule has 0 N–H and O–H groups in total. The molecule has 7 aromatic carbocycles. The largest absolute Gasteiger partial charge is 0.278 e. The number of nitrogens with zero attached hydrogens (tertiary/aromatic N) is 4. The molecule has 51 heavy (non-hydrogen) atoms. The Balaban J connectivity index is 1.37. The monoisotopic (exact) mass is 652 g/mol. The lowest BCUT2D eigenvalue weighted by Crippen LogP contribution is -2.06. The minimum absolute atomic E-state index is 0.594. The minimum Gasteiger partial charge on any atom is -0.278 e. The van der Waals surface area contributed by atoms with Crippen molar-refractivity contribution in [2.24, 2.45) is 0 Å². The standard InChI is InChI=1S/C47H32N4/c1-29-19-23-32(24-20-29)40-36-16-9-15-31-27-28-39-44(42(31)36)43-37(41(40)33-25-21-30(2)22-26-33)17-10-18-38(43)51(39)47-49-45(34-11-5-3-6-12-34)48-46(50-47)35-13-7-4-8-14-35/h3-28H,1-2H3. The molecule has 0 radical (unpaired) electrons. The smallest absolute Gasteiger partial charge is 0.238 e. The highest BCUT2D eigenvalue weighted by Gasteiger charge is 2.28. The number of benzene rings is 7. The number of hydrogen-bond donors (Lipinski definition) is 0. The number of aromatic nitrogens is 4. The van der Waals surface area contributed by atoms with Gasteiger partial charge in [0.15, 0.2) is 11.6 Å². The Hall–Kier alpha value is -6.65. The first-order chi connectivity index (χ1) is 25.1. The van der Waals surface area contributed by atoms with Crippen molar-refractivity contribution in [3.05, 3.63) is 191 Å². The fraction of sp³-hybridized carbons (Fsp3) is 0.0426. The highest BCUT2D eigenvalue weighted by molar-refractivity contribution is 6.31. The summed E-state index contributed by atoms with van der Waals surface area (Å²) in [5.41, 5.74) is 13.8. The van der Waals surface area contributed by atoms with Crippen LogP contribution in [0.5, 0.6) is 0 Å². The molecule has 0 fully saturated rings. The molecule has 0 aliphatic heterocycles. The van der Waals surface area contributed by atoms with Crippen LogP contribution < -0.4 is 0 Å². The molecule has 0 saturated carbocycles. The number of aryl methyl sites for hydroxylation is 2. The topological polar surface area (TPSA) is 43.6 Å². The lowest BCUT2D eigenvalue weighted by molar-refractivity contribution is 0.953. The van der Waals surface area contributed by atoms with E-state index in [1.807, 2.05) is 36.4 Å². The van der Waals surface area contributed by atoms with Gasteiger partial charge in [-0.15, -0.1) is 0 Å². The van der Waals surface area contributed by atoms with Gasteiger partial charge in [0.1, 0.15) is 0 Å². The normalized spacial score (nSPS) is 12.4. The van der Waals surface area contributed by atoms with Gasteiger partial charge in [0, 0.05) is 21.9 Å². The average Bonchev–Trinajstić information content (AvgIpc) is 3.46. The quantitative estimate of drug-likeness (QED) is 0.186. The summed E-state index contributed by atoms with van der Waals surface area (Å²) in [5.74, 6) is 1.87. The number of hydrogen-bond acceptors (Lipinski definition) is 3. The van der Waals surface area contributed by atoms with E-state index in [9.17, 15) is 0 Å². The third kappa shape index (κ3) is 4.64. The Morgan fingerprint density at radius 1 is 0.373 bits per heavy atom. The van der Waals surface area contributed by atoms with Gasteiger partial charge in [0.2, 0.25) is 5.95 Å². The molecule has 1 aliphatic rings. The Morgan fingerprint density at radius 2 is 0.882 bits per heavy atom. The molecule has 0 saturated heterocycles. The van der Waals surface area contributed by atoms with E-state index in [4.69, 9.17) is 15.0 Å². The zero-order valence-electron chi connectivity index (χ0n) is 28.3. The SMILES string of the molecule is Cc1ccc(C2=C(c3ccc(C)cc3)c3cccc4c3c3c5c2cccc5ccc3n4-c2nc(-c3ccccc3)nc(-c3ccccc3)n2)cc1. The molecular formula is C47H32N4. The van der Waals surface area contributed by atoms with Crippen LogP contribution in [0.25, 0.3) is 72.4 Å². The van der Waals surface area contributed by atoms with Crippen molar-refractivity contribution < 1.29 is 0 Å². The van der Waals surface area contributed by atoms with Crippen LogP contribution in [0.3, 0.4) is 0 Å². The second kappa shape index (κ2) is 11.5. The summed E-state index contributed by atoms with van der Waals surface area (Å²) in [6, 6.07) is 56.2. The van der Waals surface area contributed by atoms with Crippen LogP contribution in [0, 0.1) is 13.8 Å². The summed E-state index contributed by atoms with van der Waals surface area (Å²) in [6.45, 7) is 4.30. The van der Waals surface area contributed by atoms with E-state index in [0.29, 0.717) is 17.6 Å². The Morgan fingerprint density at radius 3 is 1.45 bits per heavy atom. The van der Waals surface area contributed by atoms with E-state index in [2.05, 4.69) is 140 Å². The highest BCUT2D eigenvalue weighted by atomic mass is 15.2. The van der Waals surface area contributed by atoms with Crippen molar-refractivity contribution in [2.75, 3.05) is 0 Å². The molecule has 2 heterocycles. The van der Waals surface area contributed by atoms with Crippen LogP contribution in [0.15, 0.2) is 158 Å². The molecule has 0 atom stereocenters. The maximum absolute atomic E-state index is 5.21.